The number of carbonyl (C=O) groups is 1. The largest absolute Gasteiger partial charge is 0.323 e. The van der Waals surface area contributed by atoms with Crippen molar-refractivity contribution >= 4 is 21.8 Å². The van der Waals surface area contributed by atoms with Crippen LogP contribution >= 0.6 is 15.9 Å². The summed E-state index contributed by atoms with van der Waals surface area (Å²) < 4.78 is 12.7. The predicted octanol–water partition coefficient (Wildman–Crippen LogP) is 0.844. The molecule has 0 bridgehead atoms. The zero-order valence-corrected chi connectivity index (χ0v) is 7.92. The Labute approximate surface area is 78.3 Å². The number of amides is 1. The number of carbonyl (C=O) groups excluding carboxylic acids is 1. The van der Waals surface area contributed by atoms with Gasteiger partial charge < -0.3 is 4.90 Å². The first-order chi connectivity index (χ1) is 5.69. The van der Waals surface area contributed by atoms with Crippen LogP contribution in [-0.4, -0.2) is 34.9 Å². The van der Waals surface area contributed by atoms with E-state index in [9.17, 15) is 9.18 Å². The van der Waals surface area contributed by atoms with Crippen molar-refractivity contribution in [3.8, 4) is 6.07 Å². The summed E-state index contributed by atoms with van der Waals surface area (Å²) in [6.45, 7) is 0.0582. The van der Waals surface area contributed by atoms with Crippen LogP contribution in [0.5, 0.6) is 0 Å². The average Bonchev–Trinajstić information content (AvgIpc) is 2.45. The van der Waals surface area contributed by atoms with Gasteiger partial charge in [-0.05, 0) is 0 Å². The average molecular weight is 235 g/mol. The van der Waals surface area contributed by atoms with Crippen molar-refractivity contribution in [1.82, 2.24) is 4.90 Å². The Morgan fingerprint density at radius 2 is 2.50 bits per heavy atom. The molecule has 0 saturated carbocycles. The Morgan fingerprint density at radius 1 is 1.83 bits per heavy atom. The van der Waals surface area contributed by atoms with Crippen LogP contribution in [0.1, 0.15) is 6.42 Å². The number of hydrogen-bond donors (Lipinski definition) is 0. The van der Waals surface area contributed by atoms with E-state index in [0.717, 1.165) is 0 Å². The molecule has 2 atom stereocenters. The summed E-state index contributed by atoms with van der Waals surface area (Å²) in [5.74, 6) is -0.221. The fourth-order valence-corrected chi connectivity index (χ4v) is 1.58. The highest BCUT2D eigenvalue weighted by molar-refractivity contribution is 9.09. The first-order valence-corrected chi connectivity index (χ1v) is 4.70. The van der Waals surface area contributed by atoms with Crippen molar-refractivity contribution in [3.63, 3.8) is 0 Å². The number of hydrogen-bond acceptors (Lipinski definition) is 2. The number of halogens is 2. The molecule has 1 aliphatic rings. The second-order valence-corrected chi connectivity index (χ2v) is 3.22. The van der Waals surface area contributed by atoms with Gasteiger partial charge in [0.05, 0.1) is 17.9 Å². The second-order valence-electron chi connectivity index (χ2n) is 2.66. The third-order valence-corrected chi connectivity index (χ3v) is 2.31. The van der Waals surface area contributed by atoms with Crippen molar-refractivity contribution in [2.24, 2.45) is 0 Å². The Morgan fingerprint density at radius 3 is 3.00 bits per heavy atom. The highest BCUT2D eigenvalue weighted by Crippen LogP contribution is 2.20. The van der Waals surface area contributed by atoms with Gasteiger partial charge in [0, 0.05) is 6.42 Å². The van der Waals surface area contributed by atoms with Gasteiger partial charge >= 0.3 is 0 Å². The fraction of sp³-hybridized carbons (Fsp3) is 0.714. The lowest BCUT2D eigenvalue weighted by Crippen LogP contribution is -2.35. The lowest BCUT2D eigenvalue weighted by molar-refractivity contribution is -0.128. The van der Waals surface area contributed by atoms with E-state index in [1.807, 2.05) is 6.07 Å². The number of likely N-dealkylation sites (tertiary alicyclic amines) is 1. The molecule has 1 aliphatic heterocycles. The topological polar surface area (TPSA) is 44.1 Å². The van der Waals surface area contributed by atoms with Crippen LogP contribution in [0.4, 0.5) is 4.39 Å². The molecule has 0 spiro atoms. The number of nitrogens with zero attached hydrogens (tertiary/aromatic N) is 2. The van der Waals surface area contributed by atoms with Gasteiger partial charge in [0.25, 0.3) is 0 Å². The Kier molecular flexibility index (Phi) is 3.04. The van der Waals surface area contributed by atoms with Crippen LogP contribution < -0.4 is 0 Å². The van der Waals surface area contributed by atoms with Crippen LogP contribution in [0.3, 0.4) is 0 Å². The van der Waals surface area contributed by atoms with Crippen LogP contribution in [0.2, 0.25) is 0 Å². The monoisotopic (exact) mass is 234 g/mol. The summed E-state index contributed by atoms with van der Waals surface area (Å²) in [6, 6.07) is 1.33. The highest BCUT2D eigenvalue weighted by atomic mass is 79.9. The number of rotatable bonds is 1. The van der Waals surface area contributed by atoms with E-state index in [0.29, 0.717) is 0 Å². The van der Waals surface area contributed by atoms with Crippen molar-refractivity contribution in [3.05, 3.63) is 0 Å². The molecule has 0 radical (unpaired) electrons. The van der Waals surface area contributed by atoms with E-state index >= 15 is 0 Å². The molecule has 1 amide bonds. The predicted molar refractivity (Wildman–Crippen MR) is 44.4 cm³/mol. The van der Waals surface area contributed by atoms with Crippen molar-refractivity contribution in [2.75, 3.05) is 11.9 Å². The van der Waals surface area contributed by atoms with Gasteiger partial charge in [0.15, 0.2) is 0 Å². The summed E-state index contributed by atoms with van der Waals surface area (Å²) in [6.07, 6.45) is -0.896. The van der Waals surface area contributed by atoms with E-state index < -0.39 is 12.2 Å². The summed E-state index contributed by atoms with van der Waals surface area (Å²) >= 11 is 2.98. The molecule has 0 N–H and O–H groups in total. The SMILES string of the molecule is N#C[C@@H]1C[C@@H](F)CN1C(=O)CBr. The van der Waals surface area contributed by atoms with Crippen molar-refractivity contribution in [1.29, 1.82) is 5.26 Å². The number of nitriles is 1. The third-order valence-electron chi connectivity index (χ3n) is 1.83. The Balaban J connectivity index is 2.65. The minimum atomic E-state index is -1.04. The zero-order valence-electron chi connectivity index (χ0n) is 6.33. The Hall–Kier alpha value is -0.630. The molecule has 0 unspecified atom stereocenters. The van der Waals surface area contributed by atoms with E-state index in [1.54, 1.807) is 0 Å². The van der Waals surface area contributed by atoms with Gasteiger partial charge in [0.2, 0.25) is 5.91 Å². The van der Waals surface area contributed by atoms with E-state index in [1.165, 1.54) is 4.90 Å². The van der Waals surface area contributed by atoms with Crippen molar-refractivity contribution in [2.45, 2.75) is 18.6 Å². The minimum Gasteiger partial charge on any atom is -0.323 e. The maximum absolute atomic E-state index is 12.7. The maximum Gasteiger partial charge on any atom is 0.234 e. The number of alkyl halides is 2. The normalized spacial score (nSPS) is 28.6. The lowest BCUT2D eigenvalue weighted by atomic mass is 10.2. The van der Waals surface area contributed by atoms with Crippen molar-refractivity contribution < 1.29 is 9.18 Å². The molecular weight excluding hydrogens is 227 g/mol. The molecule has 66 valence electrons. The molecule has 1 rings (SSSR count). The maximum atomic E-state index is 12.7. The van der Waals surface area contributed by atoms with Gasteiger partial charge in [-0.3, -0.25) is 4.79 Å². The molecule has 0 aromatic rings. The molecule has 0 aromatic carbocycles. The van der Waals surface area contributed by atoms with Gasteiger partial charge in [0.1, 0.15) is 12.2 Å². The summed E-state index contributed by atoms with van der Waals surface area (Å²) in [5, 5.41) is 8.72. The molecule has 1 fully saturated rings. The molecule has 0 aliphatic carbocycles. The smallest absolute Gasteiger partial charge is 0.234 e. The van der Waals surface area contributed by atoms with Crippen LogP contribution in [0.15, 0.2) is 0 Å². The molecule has 3 nitrogen and oxygen atoms in total. The third kappa shape index (κ3) is 1.75. The van der Waals surface area contributed by atoms with E-state index in [2.05, 4.69) is 15.9 Å². The highest BCUT2D eigenvalue weighted by Gasteiger charge is 2.34. The molecule has 5 heteroatoms. The van der Waals surface area contributed by atoms with E-state index in [4.69, 9.17) is 5.26 Å². The van der Waals surface area contributed by atoms with Gasteiger partial charge in [-0.2, -0.15) is 5.26 Å². The lowest BCUT2D eigenvalue weighted by Gasteiger charge is -2.17. The second kappa shape index (κ2) is 3.85. The summed E-state index contributed by atoms with van der Waals surface area (Å²) in [4.78, 5) is 12.4. The van der Waals surface area contributed by atoms with Gasteiger partial charge in [-0.15, -0.1) is 0 Å². The minimum absolute atomic E-state index is 0.0582. The first-order valence-electron chi connectivity index (χ1n) is 3.58. The van der Waals surface area contributed by atoms with Gasteiger partial charge in [-0.1, -0.05) is 15.9 Å². The molecule has 0 aromatic heterocycles. The Bertz CT molecular complexity index is 228. The van der Waals surface area contributed by atoms with E-state index in [-0.39, 0.29) is 24.2 Å². The van der Waals surface area contributed by atoms with Crippen LogP contribution in [0, 0.1) is 11.3 Å². The summed E-state index contributed by atoms with van der Waals surface area (Å²) in [5.41, 5.74) is 0. The molecule has 1 saturated heterocycles. The fourth-order valence-electron chi connectivity index (χ4n) is 1.26. The summed E-state index contributed by atoms with van der Waals surface area (Å²) in [7, 11) is 0. The standard InChI is InChI=1S/C7H8BrFN2O/c8-2-7(12)11-4-5(9)1-6(11)3-10/h5-6H,1-2,4H2/t5-,6+/m1/s1. The first kappa shape index (κ1) is 9.46. The molecule has 12 heavy (non-hydrogen) atoms. The molecular formula is C7H8BrFN2O. The molecule has 1 heterocycles. The van der Waals surface area contributed by atoms with Gasteiger partial charge in [-0.25, -0.2) is 4.39 Å². The van der Waals surface area contributed by atoms with Crippen LogP contribution in [-0.2, 0) is 4.79 Å². The van der Waals surface area contributed by atoms with Crippen LogP contribution in [0.25, 0.3) is 0 Å². The zero-order chi connectivity index (χ0) is 9.14. The quantitative estimate of drug-likeness (QED) is 0.632.